The Labute approximate surface area is 66.4 Å². The van der Waals surface area contributed by atoms with E-state index in [2.05, 4.69) is 0 Å². The first-order valence-electron chi connectivity index (χ1n) is 3.86. The molecule has 1 saturated heterocycles. The number of carboxylic acid groups (broad SMARTS) is 1. The molecule has 0 bridgehead atoms. The predicted molar refractivity (Wildman–Crippen MR) is 41.5 cm³/mol. The molecule has 1 fully saturated rings. The number of nitrogens with zero attached hydrogens (tertiary/aromatic N) is 2. The van der Waals surface area contributed by atoms with Gasteiger partial charge in [-0.2, -0.15) is 0 Å². The highest BCUT2D eigenvalue weighted by molar-refractivity contribution is 5.64. The van der Waals surface area contributed by atoms with Crippen molar-refractivity contribution in [2.45, 2.75) is 12.8 Å². The fourth-order valence-corrected chi connectivity index (χ4v) is 1.27. The molecule has 0 aromatic heterocycles. The summed E-state index contributed by atoms with van der Waals surface area (Å²) >= 11 is 0. The van der Waals surface area contributed by atoms with Gasteiger partial charge in [0.25, 0.3) is 0 Å². The Balaban J connectivity index is 2.45. The first kappa shape index (κ1) is 8.33. The number of carbonyl (C=O) groups is 1. The topological polar surface area (TPSA) is 43.8 Å². The maximum absolute atomic E-state index is 10.6. The average molecular weight is 158 g/mol. The van der Waals surface area contributed by atoms with E-state index in [1.807, 2.05) is 11.9 Å². The van der Waals surface area contributed by atoms with Gasteiger partial charge in [0.1, 0.15) is 0 Å². The monoisotopic (exact) mass is 158 g/mol. The molecule has 4 heteroatoms. The van der Waals surface area contributed by atoms with Gasteiger partial charge < -0.3 is 5.11 Å². The lowest BCUT2D eigenvalue weighted by atomic mass is 10.3. The van der Waals surface area contributed by atoms with Crippen molar-refractivity contribution in [3.63, 3.8) is 0 Å². The van der Waals surface area contributed by atoms with Gasteiger partial charge in [-0.25, -0.2) is 4.79 Å². The van der Waals surface area contributed by atoms with E-state index in [0.717, 1.165) is 19.4 Å². The summed E-state index contributed by atoms with van der Waals surface area (Å²) in [6.45, 7) is 2.23. The van der Waals surface area contributed by atoms with E-state index in [-0.39, 0.29) is 0 Å². The Hall–Kier alpha value is -0.770. The smallest absolute Gasteiger partial charge is 0.408 e. The molecule has 1 heterocycles. The number of hydrogen-bond acceptors (Lipinski definition) is 2. The van der Waals surface area contributed by atoms with E-state index in [1.165, 1.54) is 4.90 Å². The van der Waals surface area contributed by atoms with Crippen LogP contribution in [0.5, 0.6) is 0 Å². The standard InChI is InChI=1S/C7H14N2O2/c1-8-4-2-3-5-9(6-8)7(10)11/h2-6H2,1H3,(H,10,11). The van der Waals surface area contributed by atoms with Crippen LogP contribution in [0, 0.1) is 0 Å². The van der Waals surface area contributed by atoms with Crippen molar-refractivity contribution in [3.05, 3.63) is 0 Å². The van der Waals surface area contributed by atoms with Gasteiger partial charge in [-0.1, -0.05) is 0 Å². The van der Waals surface area contributed by atoms with Crippen molar-refractivity contribution in [3.8, 4) is 0 Å². The molecule has 0 unspecified atom stereocenters. The van der Waals surface area contributed by atoms with Gasteiger partial charge in [0.05, 0.1) is 6.67 Å². The van der Waals surface area contributed by atoms with Crippen molar-refractivity contribution >= 4 is 6.09 Å². The zero-order chi connectivity index (χ0) is 8.27. The lowest BCUT2D eigenvalue weighted by molar-refractivity contribution is 0.123. The molecular formula is C7H14N2O2. The molecule has 0 spiro atoms. The summed E-state index contributed by atoms with van der Waals surface area (Å²) in [5.74, 6) is 0. The average Bonchev–Trinajstić information content (AvgIpc) is 2.13. The van der Waals surface area contributed by atoms with Gasteiger partial charge in [-0.05, 0) is 26.4 Å². The SMILES string of the molecule is CN1CCCCN(C(=O)O)C1. The van der Waals surface area contributed by atoms with Crippen molar-refractivity contribution in [2.24, 2.45) is 0 Å². The summed E-state index contributed by atoms with van der Waals surface area (Å²) < 4.78 is 0. The minimum atomic E-state index is -0.807. The molecule has 0 aliphatic carbocycles. The van der Waals surface area contributed by atoms with Gasteiger partial charge in [0, 0.05) is 6.54 Å². The first-order valence-corrected chi connectivity index (χ1v) is 3.86. The molecule has 1 amide bonds. The maximum Gasteiger partial charge on any atom is 0.408 e. The Bertz CT molecular complexity index is 149. The Morgan fingerprint density at radius 1 is 1.36 bits per heavy atom. The van der Waals surface area contributed by atoms with E-state index in [9.17, 15) is 4.79 Å². The number of hydrogen-bond donors (Lipinski definition) is 1. The van der Waals surface area contributed by atoms with Crippen LogP contribution in [0.1, 0.15) is 12.8 Å². The highest BCUT2D eigenvalue weighted by Gasteiger charge is 2.16. The number of amides is 1. The Morgan fingerprint density at radius 3 is 2.64 bits per heavy atom. The molecule has 0 aromatic carbocycles. The molecule has 1 aliphatic rings. The van der Waals surface area contributed by atoms with Crippen LogP contribution in [-0.2, 0) is 0 Å². The van der Waals surface area contributed by atoms with Crippen LogP contribution >= 0.6 is 0 Å². The number of rotatable bonds is 0. The quantitative estimate of drug-likeness (QED) is 0.563. The van der Waals surface area contributed by atoms with E-state index in [0.29, 0.717) is 13.2 Å². The molecule has 64 valence electrons. The van der Waals surface area contributed by atoms with Gasteiger partial charge in [-0.3, -0.25) is 9.80 Å². The molecule has 0 saturated carbocycles. The van der Waals surface area contributed by atoms with Crippen LogP contribution in [0.4, 0.5) is 4.79 Å². The van der Waals surface area contributed by atoms with Crippen LogP contribution in [0.25, 0.3) is 0 Å². The van der Waals surface area contributed by atoms with Crippen LogP contribution in [0.2, 0.25) is 0 Å². The summed E-state index contributed by atoms with van der Waals surface area (Å²) in [5, 5.41) is 8.68. The van der Waals surface area contributed by atoms with E-state index in [4.69, 9.17) is 5.11 Å². The minimum absolute atomic E-state index is 0.551. The van der Waals surface area contributed by atoms with E-state index in [1.54, 1.807) is 0 Å². The summed E-state index contributed by atoms with van der Waals surface area (Å²) in [6.07, 6.45) is 1.27. The second-order valence-electron chi connectivity index (χ2n) is 2.97. The molecule has 11 heavy (non-hydrogen) atoms. The normalized spacial score (nSPS) is 21.4. The van der Waals surface area contributed by atoms with Crippen molar-refractivity contribution in [1.82, 2.24) is 9.80 Å². The van der Waals surface area contributed by atoms with Crippen LogP contribution < -0.4 is 0 Å². The maximum atomic E-state index is 10.6. The van der Waals surface area contributed by atoms with Crippen molar-refractivity contribution < 1.29 is 9.90 Å². The highest BCUT2D eigenvalue weighted by atomic mass is 16.4. The van der Waals surface area contributed by atoms with E-state index >= 15 is 0 Å². The van der Waals surface area contributed by atoms with E-state index < -0.39 is 6.09 Å². The fraction of sp³-hybridized carbons (Fsp3) is 0.857. The third-order valence-corrected chi connectivity index (χ3v) is 1.90. The molecule has 1 N–H and O–H groups in total. The third-order valence-electron chi connectivity index (χ3n) is 1.90. The Kier molecular flexibility index (Phi) is 2.70. The molecular weight excluding hydrogens is 144 g/mol. The zero-order valence-electron chi connectivity index (χ0n) is 6.79. The van der Waals surface area contributed by atoms with Crippen molar-refractivity contribution in [2.75, 3.05) is 26.8 Å². The molecule has 0 aromatic rings. The second-order valence-corrected chi connectivity index (χ2v) is 2.97. The molecule has 1 aliphatic heterocycles. The minimum Gasteiger partial charge on any atom is -0.465 e. The summed E-state index contributed by atoms with van der Waals surface area (Å²) in [5.41, 5.74) is 0. The molecule has 0 radical (unpaired) electrons. The van der Waals surface area contributed by atoms with Gasteiger partial charge in [-0.15, -0.1) is 0 Å². The fourth-order valence-electron chi connectivity index (χ4n) is 1.27. The summed E-state index contributed by atoms with van der Waals surface area (Å²) in [6, 6.07) is 0. The highest BCUT2D eigenvalue weighted by Crippen LogP contribution is 2.04. The summed E-state index contributed by atoms with van der Waals surface area (Å²) in [4.78, 5) is 14.0. The van der Waals surface area contributed by atoms with Gasteiger partial charge in [0.2, 0.25) is 0 Å². The Morgan fingerprint density at radius 2 is 2.00 bits per heavy atom. The molecule has 1 rings (SSSR count). The van der Waals surface area contributed by atoms with Gasteiger partial charge >= 0.3 is 6.09 Å². The second kappa shape index (κ2) is 3.57. The summed E-state index contributed by atoms with van der Waals surface area (Å²) in [7, 11) is 1.95. The van der Waals surface area contributed by atoms with Crippen molar-refractivity contribution in [1.29, 1.82) is 0 Å². The predicted octanol–water partition coefficient (Wildman–Crippen LogP) is 0.649. The largest absolute Gasteiger partial charge is 0.465 e. The zero-order valence-corrected chi connectivity index (χ0v) is 6.79. The third kappa shape index (κ3) is 2.38. The lowest BCUT2D eigenvalue weighted by Gasteiger charge is -2.20. The van der Waals surface area contributed by atoms with Crippen LogP contribution in [0.15, 0.2) is 0 Å². The molecule has 4 nitrogen and oxygen atoms in total. The molecule has 0 atom stereocenters. The lowest BCUT2D eigenvalue weighted by Crippen LogP contribution is -2.37. The van der Waals surface area contributed by atoms with Gasteiger partial charge in [0.15, 0.2) is 0 Å². The van der Waals surface area contributed by atoms with Crippen LogP contribution in [-0.4, -0.2) is 47.8 Å². The first-order chi connectivity index (χ1) is 5.20. The van der Waals surface area contributed by atoms with Crippen LogP contribution in [0.3, 0.4) is 0 Å².